The third-order valence-corrected chi connectivity index (χ3v) is 3.94. The average molecular weight is 385 g/mol. The molecular formula is C20H23N3O5. The maximum atomic E-state index is 12.4. The molecular weight excluding hydrogens is 362 g/mol. The average Bonchev–Trinajstić information content (AvgIpc) is 2.71. The maximum Gasteiger partial charge on any atom is 0.328 e. The van der Waals surface area contributed by atoms with Crippen molar-refractivity contribution in [3.05, 3.63) is 53.2 Å². The summed E-state index contributed by atoms with van der Waals surface area (Å²) in [5.74, 6) is -0.696. The third kappa shape index (κ3) is 5.54. The normalized spacial score (nSPS) is 11.7. The lowest BCUT2D eigenvalue weighted by atomic mass is 10.1. The predicted molar refractivity (Wildman–Crippen MR) is 103 cm³/mol. The number of ether oxygens (including phenoxy) is 3. The van der Waals surface area contributed by atoms with Gasteiger partial charge in [-0.25, -0.2) is 4.79 Å². The van der Waals surface area contributed by atoms with E-state index in [0.717, 1.165) is 5.56 Å². The van der Waals surface area contributed by atoms with Crippen LogP contribution < -0.4 is 14.8 Å². The number of nitrogens with one attached hydrogen (secondary N) is 1. The topological polar surface area (TPSA) is 99.6 Å². The van der Waals surface area contributed by atoms with Gasteiger partial charge in [-0.2, -0.15) is 9.97 Å². The number of methoxy groups -OCH3 is 3. The van der Waals surface area contributed by atoms with Crippen molar-refractivity contribution in [3.8, 4) is 11.9 Å². The largest absolute Gasteiger partial charge is 0.480 e. The van der Waals surface area contributed by atoms with Crippen LogP contribution in [0.3, 0.4) is 0 Å². The van der Waals surface area contributed by atoms with Gasteiger partial charge < -0.3 is 19.5 Å². The van der Waals surface area contributed by atoms with E-state index in [2.05, 4.69) is 15.3 Å². The van der Waals surface area contributed by atoms with Gasteiger partial charge in [-0.1, -0.05) is 30.3 Å². The van der Waals surface area contributed by atoms with E-state index in [-0.39, 0.29) is 11.9 Å². The summed E-state index contributed by atoms with van der Waals surface area (Å²) >= 11 is 0. The van der Waals surface area contributed by atoms with Crippen LogP contribution >= 0.6 is 0 Å². The fraction of sp³-hybridized carbons (Fsp3) is 0.300. The van der Waals surface area contributed by atoms with Gasteiger partial charge in [-0.05, 0) is 18.6 Å². The number of aromatic nitrogens is 2. The first kappa shape index (κ1) is 20.9. The summed E-state index contributed by atoms with van der Waals surface area (Å²) in [6.45, 7) is 1.75. The smallest absolute Gasteiger partial charge is 0.328 e. The molecule has 2 aromatic rings. The number of benzene rings is 1. The molecule has 8 nitrogen and oxygen atoms in total. The lowest BCUT2D eigenvalue weighted by Gasteiger charge is -2.15. The molecule has 0 radical (unpaired) electrons. The molecule has 0 fully saturated rings. The zero-order valence-electron chi connectivity index (χ0n) is 16.3. The van der Waals surface area contributed by atoms with Crippen molar-refractivity contribution in [1.82, 2.24) is 15.3 Å². The van der Waals surface area contributed by atoms with Crippen molar-refractivity contribution in [2.75, 3.05) is 21.3 Å². The zero-order chi connectivity index (χ0) is 20.5. The van der Waals surface area contributed by atoms with Crippen LogP contribution in [0.1, 0.15) is 16.8 Å². The number of hydrogen-bond acceptors (Lipinski definition) is 7. The Bertz CT molecular complexity index is 852. The molecule has 1 heterocycles. The zero-order valence-corrected chi connectivity index (χ0v) is 16.3. The van der Waals surface area contributed by atoms with Gasteiger partial charge >= 0.3 is 12.0 Å². The molecule has 0 aliphatic heterocycles. The number of rotatable bonds is 8. The molecule has 0 aliphatic rings. The highest BCUT2D eigenvalue weighted by Gasteiger charge is 2.21. The fourth-order valence-electron chi connectivity index (χ4n) is 2.53. The summed E-state index contributed by atoms with van der Waals surface area (Å²) in [5.41, 5.74) is 2.03. The summed E-state index contributed by atoms with van der Waals surface area (Å²) in [5, 5.41) is 2.66. The Morgan fingerprint density at radius 1 is 1.11 bits per heavy atom. The fourth-order valence-corrected chi connectivity index (χ4v) is 2.53. The first-order valence-corrected chi connectivity index (χ1v) is 8.55. The lowest BCUT2D eigenvalue weighted by Crippen LogP contribution is -2.42. The van der Waals surface area contributed by atoms with Crippen molar-refractivity contribution in [2.45, 2.75) is 19.4 Å². The van der Waals surface area contributed by atoms with E-state index in [1.54, 1.807) is 6.92 Å². The highest BCUT2D eigenvalue weighted by Crippen LogP contribution is 2.22. The molecule has 0 aliphatic carbocycles. The first-order valence-electron chi connectivity index (χ1n) is 8.55. The van der Waals surface area contributed by atoms with Gasteiger partial charge in [0.25, 0.3) is 0 Å². The van der Waals surface area contributed by atoms with Crippen LogP contribution in [-0.2, 0) is 20.7 Å². The molecule has 1 aromatic heterocycles. The Kier molecular flexibility index (Phi) is 7.50. The Hall–Kier alpha value is -3.42. The molecule has 28 heavy (non-hydrogen) atoms. The predicted octanol–water partition coefficient (Wildman–Crippen LogP) is 1.72. The van der Waals surface area contributed by atoms with E-state index in [4.69, 9.17) is 14.2 Å². The van der Waals surface area contributed by atoms with Crippen LogP contribution in [0.5, 0.6) is 11.9 Å². The van der Waals surface area contributed by atoms with Gasteiger partial charge in [0.15, 0.2) is 0 Å². The van der Waals surface area contributed by atoms with Gasteiger partial charge in [0.05, 0.1) is 32.6 Å². The van der Waals surface area contributed by atoms with Gasteiger partial charge in [-0.3, -0.25) is 4.79 Å². The van der Waals surface area contributed by atoms with Crippen LogP contribution in [0, 0.1) is 6.92 Å². The van der Waals surface area contributed by atoms with E-state index in [1.165, 1.54) is 33.5 Å². The minimum absolute atomic E-state index is 0.171. The molecule has 1 N–H and O–H groups in total. The molecule has 8 heteroatoms. The monoisotopic (exact) mass is 385 g/mol. The van der Waals surface area contributed by atoms with Crippen molar-refractivity contribution in [2.24, 2.45) is 0 Å². The Morgan fingerprint density at radius 3 is 2.43 bits per heavy atom. The number of carbonyl (C=O) groups excluding carboxylic acids is 2. The Morgan fingerprint density at radius 2 is 1.82 bits per heavy atom. The quantitative estimate of drug-likeness (QED) is 0.545. The molecule has 1 aromatic carbocycles. The number of esters is 1. The number of nitrogens with zero attached hydrogens (tertiary/aromatic N) is 2. The number of aryl methyl sites for hydroxylation is 1. The Balaban J connectivity index is 2.15. The number of carbonyl (C=O) groups is 2. The second-order valence-electron chi connectivity index (χ2n) is 5.83. The summed E-state index contributed by atoms with van der Waals surface area (Å²) in [6.07, 6.45) is 3.14. The van der Waals surface area contributed by atoms with Crippen LogP contribution in [0.2, 0.25) is 0 Å². The summed E-state index contributed by atoms with van der Waals surface area (Å²) in [4.78, 5) is 32.7. The molecule has 1 atom stereocenters. The minimum atomic E-state index is -0.806. The highest BCUT2D eigenvalue weighted by atomic mass is 16.5. The van der Waals surface area contributed by atoms with Crippen LogP contribution in [0.25, 0.3) is 6.08 Å². The van der Waals surface area contributed by atoms with Gasteiger partial charge in [0.1, 0.15) is 6.04 Å². The molecule has 2 rings (SSSR count). The molecule has 0 unspecified atom stereocenters. The second-order valence-corrected chi connectivity index (χ2v) is 5.83. The van der Waals surface area contributed by atoms with E-state index in [0.29, 0.717) is 17.7 Å². The SMILES string of the molecule is COC(=O)[C@H](Cc1ccccc1)NC(=O)/C=C/c1c(C)nc(OC)nc1OC. The van der Waals surface area contributed by atoms with Gasteiger partial charge in [0.2, 0.25) is 11.8 Å². The molecule has 0 bridgehead atoms. The standard InChI is InChI=1S/C20H23N3O5/c1-13-15(18(26-2)23-20(21-13)28-4)10-11-17(24)22-16(19(25)27-3)12-14-8-6-5-7-9-14/h5-11,16H,12H2,1-4H3,(H,22,24)/b11-10+/t16-/m0/s1. The van der Waals surface area contributed by atoms with E-state index in [1.807, 2.05) is 30.3 Å². The van der Waals surface area contributed by atoms with Crippen molar-refractivity contribution < 1.29 is 23.8 Å². The summed E-state index contributed by atoms with van der Waals surface area (Å²) in [6, 6.07) is 8.73. The molecule has 148 valence electrons. The number of amides is 1. The molecule has 0 saturated heterocycles. The van der Waals surface area contributed by atoms with Crippen LogP contribution in [0.15, 0.2) is 36.4 Å². The molecule has 1 amide bonds. The summed E-state index contributed by atoms with van der Waals surface area (Å²) in [7, 11) is 4.20. The summed E-state index contributed by atoms with van der Waals surface area (Å²) < 4.78 is 15.0. The molecule has 0 spiro atoms. The number of hydrogen-bond donors (Lipinski definition) is 1. The van der Waals surface area contributed by atoms with Crippen LogP contribution in [0.4, 0.5) is 0 Å². The van der Waals surface area contributed by atoms with Gasteiger partial charge in [0, 0.05) is 12.5 Å². The lowest BCUT2D eigenvalue weighted by molar-refractivity contribution is -0.144. The van der Waals surface area contributed by atoms with E-state index >= 15 is 0 Å². The van der Waals surface area contributed by atoms with Crippen LogP contribution in [-0.4, -0.2) is 49.2 Å². The van der Waals surface area contributed by atoms with E-state index < -0.39 is 17.9 Å². The van der Waals surface area contributed by atoms with Crippen molar-refractivity contribution in [3.63, 3.8) is 0 Å². The Labute approximate surface area is 163 Å². The van der Waals surface area contributed by atoms with Crippen molar-refractivity contribution in [1.29, 1.82) is 0 Å². The maximum absolute atomic E-state index is 12.4. The van der Waals surface area contributed by atoms with Gasteiger partial charge in [-0.15, -0.1) is 0 Å². The van der Waals surface area contributed by atoms with E-state index in [9.17, 15) is 9.59 Å². The van der Waals surface area contributed by atoms with Crippen molar-refractivity contribution >= 4 is 18.0 Å². The second kappa shape index (κ2) is 10.1. The third-order valence-electron chi connectivity index (χ3n) is 3.94. The highest BCUT2D eigenvalue weighted by molar-refractivity contribution is 5.95. The first-order chi connectivity index (χ1) is 13.5. The molecule has 0 saturated carbocycles. The minimum Gasteiger partial charge on any atom is -0.480 e.